The number of ether oxygens (including phenoxy) is 2. The van der Waals surface area contributed by atoms with E-state index in [1.54, 1.807) is 0 Å². The third kappa shape index (κ3) is 3.30. The van der Waals surface area contributed by atoms with Crippen molar-refractivity contribution >= 4 is 11.6 Å². The summed E-state index contributed by atoms with van der Waals surface area (Å²) in [6.45, 7) is -3.01. The van der Waals surface area contributed by atoms with Crippen molar-refractivity contribution in [1.29, 1.82) is 0 Å². The summed E-state index contributed by atoms with van der Waals surface area (Å²) in [5.74, 6) is -0.460. The van der Waals surface area contributed by atoms with Gasteiger partial charge in [0.1, 0.15) is 5.69 Å². The van der Waals surface area contributed by atoms with E-state index in [-0.39, 0.29) is 29.3 Å². The number of alkyl halides is 2. The predicted molar refractivity (Wildman–Crippen MR) is 63.4 cm³/mol. The molecule has 1 N–H and O–H groups in total. The predicted octanol–water partition coefficient (Wildman–Crippen LogP) is 2.43. The Morgan fingerprint density at radius 3 is 2.74 bits per heavy atom. The van der Waals surface area contributed by atoms with E-state index in [1.807, 2.05) is 0 Å². The average Bonchev–Trinajstić information content (AvgIpc) is 2.28. The summed E-state index contributed by atoms with van der Waals surface area (Å²) in [5.41, 5.74) is 0.123. The minimum absolute atomic E-state index is 0.0542. The van der Waals surface area contributed by atoms with Crippen molar-refractivity contribution < 1.29 is 23.0 Å². The Labute approximate surface area is 108 Å². The lowest BCUT2D eigenvalue weighted by molar-refractivity contribution is -0.122. The van der Waals surface area contributed by atoms with E-state index in [0.29, 0.717) is 0 Å². The van der Waals surface area contributed by atoms with Crippen LogP contribution >= 0.6 is 0 Å². The SMILES string of the molecule is COc1ccc(NC(=O)C2CCC2)c(OC(F)F)n1. The third-order valence-corrected chi connectivity index (χ3v) is 2.98. The number of anilines is 1. The molecule has 0 spiro atoms. The Hall–Kier alpha value is -1.92. The molecule has 1 fully saturated rings. The van der Waals surface area contributed by atoms with Crippen molar-refractivity contribution in [3.8, 4) is 11.8 Å². The van der Waals surface area contributed by atoms with Crippen LogP contribution in [0, 0.1) is 5.92 Å². The van der Waals surface area contributed by atoms with Gasteiger partial charge in [-0.3, -0.25) is 4.79 Å². The van der Waals surface area contributed by atoms with Crippen LogP contribution in [0.25, 0.3) is 0 Å². The number of pyridine rings is 1. The molecule has 1 amide bonds. The molecular weight excluding hydrogens is 258 g/mol. The van der Waals surface area contributed by atoms with Crippen molar-refractivity contribution in [3.05, 3.63) is 12.1 Å². The molecule has 1 heterocycles. The van der Waals surface area contributed by atoms with Gasteiger partial charge in [0.05, 0.1) is 7.11 Å². The molecule has 0 saturated heterocycles. The first-order valence-corrected chi connectivity index (χ1v) is 5.91. The highest BCUT2D eigenvalue weighted by molar-refractivity contribution is 5.94. The molecule has 1 aliphatic rings. The van der Waals surface area contributed by atoms with Gasteiger partial charge in [0, 0.05) is 12.0 Å². The number of carbonyl (C=O) groups excluding carboxylic acids is 1. The number of aromatic nitrogens is 1. The molecule has 104 valence electrons. The number of hydrogen-bond donors (Lipinski definition) is 1. The molecule has 5 nitrogen and oxygen atoms in total. The maximum Gasteiger partial charge on any atom is 0.388 e. The molecule has 19 heavy (non-hydrogen) atoms. The fourth-order valence-electron chi connectivity index (χ4n) is 1.71. The highest BCUT2D eigenvalue weighted by Crippen LogP contribution is 2.31. The Kier molecular flexibility index (Phi) is 4.13. The van der Waals surface area contributed by atoms with Crippen molar-refractivity contribution in [3.63, 3.8) is 0 Å². The molecule has 0 atom stereocenters. The number of hydrogen-bond acceptors (Lipinski definition) is 4. The fourth-order valence-corrected chi connectivity index (χ4v) is 1.71. The molecule has 0 bridgehead atoms. The first-order chi connectivity index (χ1) is 9.10. The Morgan fingerprint density at radius 1 is 1.47 bits per heavy atom. The zero-order chi connectivity index (χ0) is 13.8. The first kappa shape index (κ1) is 13.5. The number of nitrogens with one attached hydrogen (secondary N) is 1. The maximum atomic E-state index is 12.3. The highest BCUT2D eigenvalue weighted by Gasteiger charge is 2.26. The molecule has 0 unspecified atom stereocenters. The number of carbonyl (C=O) groups is 1. The van der Waals surface area contributed by atoms with Gasteiger partial charge in [-0.05, 0) is 18.9 Å². The Balaban J connectivity index is 2.14. The normalized spacial score (nSPS) is 14.9. The second kappa shape index (κ2) is 5.81. The lowest BCUT2D eigenvalue weighted by atomic mass is 9.85. The van der Waals surface area contributed by atoms with Crippen LogP contribution < -0.4 is 14.8 Å². The van der Waals surface area contributed by atoms with E-state index in [4.69, 9.17) is 4.74 Å². The zero-order valence-corrected chi connectivity index (χ0v) is 10.4. The summed E-state index contributed by atoms with van der Waals surface area (Å²) in [5, 5.41) is 2.55. The monoisotopic (exact) mass is 272 g/mol. The smallest absolute Gasteiger partial charge is 0.388 e. The summed E-state index contributed by atoms with van der Waals surface area (Å²) in [6.07, 6.45) is 2.65. The van der Waals surface area contributed by atoms with Crippen LogP contribution in [0.2, 0.25) is 0 Å². The van der Waals surface area contributed by atoms with Gasteiger partial charge < -0.3 is 14.8 Å². The number of amides is 1. The summed E-state index contributed by atoms with van der Waals surface area (Å²) in [4.78, 5) is 15.5. The molecule has 0 aliphatic heterocycles. The lowest BCUT2D eigenvalue weighted by Crippen LogP contribution is -2.28. The van der Waals surface area contributed by atoms with Crippen LogP contribution in [0.3, 0.4) is 0 Å². The minimum atomic E-state index is -3.01. The van der Waals surface area contributed by atoms with Gasteiger partial charge in [0.25, 0.3) is 0 Å². The van der Waals surface area contributed by atoms with Crippen LogP contribution in [-0.4, -0.2) is 24.6 Å². The van der Waals surface area contributed by atoms with Gasteiger partial charge in [0.2, 0.25) is 17.7 Å². The molecule has 0 radical (unpaired) electrons. The van der Waals surface area contributed by atoms with Crippen LogP contribution in [0.4, 0.5) is 14.5 Å². The summed E-state index contributed by atoms with van der Waals surface area (Å²) in [6, 6.07) is 2.90. The number of halogens is 2. The largest absolute Gasteiger partial charge is 0.481 e. The molecule has 0 aromatic carbocycles. The zero-order valence-electron chi connectivity index (χ0n) is 10.4. The van der Waals surface area contributed by atoms with Gasteiger partial charge in [-0.25, -0.2) is 0 Å². The molecule has 1 aromatic heterocycles. The number of methoxy groups -OCH3 is 1. The van der Waals surface area contributed by atoms with Crippen molar-refractivity contribution in [2.45, 2.75) is 25.9 Å². The van der Waals surface area contributed by atoms with E-state index in [1.165, 1.54) is 19.2 Å². The van der Waals surface area contributed by atoms with E-state index in [0.717, 1.165) is 19.3 Å². The van der Waals surface area contributed by atoms with Gasteiger partial charge >= 0.3 is 6.61 Å². The molecule has 7 heteroatoms. The van der Waals surface area contributed by atoms with Gasteiger partial charge in [-0.1, -0.05) is 6.42 Å². The molecular formula is C12H14F2N2O3. The van der Waals surface area contributed by atoms with Crippen molar-refractivity contribution in [2.75, 3.05) is 12.4 Å². The first-order valence-electron chi connectivity index (χ1n) is 5.91. The lowest BCUT2D eigenvalue weighted by Gasteiger charge is -2.24. The quantitative estimate of drug-likeness (QED) is 0.894. The van der Waals surface area contributed by atoms with Gasteiger partial charge in [0.15, 0.2) is 0 Å². The molecule has 1 aromatic rings. The van der Waals surface area contributed by atoms with Crippen molar-refractivity contribution in [2.24, 2.45) is 5.92 Å². The number of rotatable bonds is 5. The molecule has 2 rings (SSSR count). The molecule has 1 aliphatic carbocycles. The fraction of sp³-hybridized carbons (Fsp3) is 0.500. The van der Waals surface area contributed by atoms with Crippen LogP contribution in [0.5, 0.6) is 11.8 Å². The second-order valence-electron chi connectivity index (χ2n) is 4.20. The third-order valence-electron chi connectivity index (χ3n) is 2.98. The van der Waals surface area contributed by atoms with Crippen LogP contribution in [-0.2, 0) is 4.79 Å². The van der Waals surface area contributed by atoms with E-state index in [2.05, 4.69) is 15.0 Å². The van der Waals surface area contributed by atoms with Gasteiger partial charge in [-0.15, -0.1) is 0 Å². The topological polar surface area (TPSA) is 60.5 Å². The average molecular weight is 272 g/mol. The van der Waals surface area contributed by atoms with E-state index >= 15 is 0 Å². The van der Waals surface area contributed by atoms with Crippen LogP contribution in [0.1, 0.15) is 19.3 Å². The van der Waals surface area contributed by atoms with Crippen molar-refractivity contribution in [1.82, 2.24) is 4.98 Å². The summed E-state index contributed by atoms with van der Waals surface area (Å²) >= 11 is 0. The summed E-state index contributed by atoms with van der Waals surface area (Å²) in [7, 11) is 1.36. The standard InChI is InChI=1S/C12H14F2N2O3/c1-18-9-6-5-8(11(16-9)19-12(13)14)15-10(17)7-3-2-4-7/h5-7,12H,2-4H2,1H3,(H,15,17). The molecule has 1 saturated carbocycles. The van der Waals surface area contributed by atoms with E-state index in [9.17, 15) is 13.6 Å². The second-order valence-corrected chi connectivity index (χ2v) is 4.20. The Bertz CT molecular complexity index is 464. The summed E-state index contributed by atoms with van der Waals surface area (Å²) < 4.78 is 33.7. The van der Waals surface area contributed by atoms with Crippen LogP contribution in [0.15, 0.2) is 12.1 Å². The maximum absolute atomic E-state index is 12.3. The van der Waals surface area contributed by atoms with Gasteiger partial charge in [-0.2, -0.15) is 13.8 Å². The Morgan fingerprint density at radius 2 is 2.21 bits per heavy atom. The minimum Gasteiger partial charge on any atom is -0.481 e. The highest BCUT2D eigenvalue weighted by atomic mass is 19.3. The van der Waals surface area contributed by atoms with E-state index < -0.39 is 6.61 Å². The number of nitrogens with zero attached hydrogens (tertiary/aromatic N) is 1.